The van der Waals surface area contributed by atoms with Crippen molar-refractivity contribution in [3.05, 3.63) is 120 Å². The van der Waals surface area contributed by atoms with Gasteiger partial charge in [-0.3, -0.25) is 14.4 Å². The molecular weight excluding hydrogens is 596 g/mol. The predicted molar refractivity (Wildman–Crippen MR) is 181 cm³/mol. The summed E-state index contributed by atoms with van der Waals surface area (Å²) in [5.41, 5.74) is 6.02. The zero-order valence-electron chi connectivity index (χ0n) is 26.0. The fourth-order valence-electron chi connectivity index (χ4n) is 4.53. The van der Waals surface area contributed by atoms with Gasteiger partial charge in [-0.2, -0.15) is 10.2 Å². The maximum Gasteiger partial charge on any atom is 0.329 e. The lowest BCUT2D eigenvalue weighted by atomic mass is 10.1. The average molecular weight is 631 g/mol. The van der Waals surface area contributed by atoms with E-state index in [1.165, 1.54) is 12.3 Å². The van der Waals surface area contributed by atoms with Gasteiger partial charge >= 0.3 is 11.8 Å². The molecule has 5 aromatic rings. The predicted octanol–water partition coefficient (Wildman–Crippen LogP) is 6.07. The average Bonchev–Trinajstić information content (AvgIpc) is 3.53. The molecule has 0 aliphatic rings. The normalized spacial score (nSPS) is 10.8. The lowest BCUT2D eigenvalue weighted by molar-refractivity contribution is -0.136. The molecule has 3 amide bonds. The van der Waals surface area contributed by atoms with E-state index in [4.69, 9.17) is 14.6 Å². The van der Waals surface area contributed by atoms with Crippen molar-refractivity contribution in [1.82, 2.24) is 15.2 Å². The molecule has 47 heavy (non-hydrogen) atoms. The number of benzene rings is 4. The molecule has 11 heteroatoms. The summed E-state index contributed by atoms with van der Waals surface area (Å²) >= 11 is 0. The van der Waals surface area contributed by atoms with Gasteiger partial charge in [0.2, 0.25) is 0 Å². The van der Waals surface area contributed by atoms with Crippen LogP contribution in [0.15, 0.2) is 114 Å². The first-order valence-electron chi connectivity index (χ1n) is 15.1. The first kappa shape index (κ1) is 32.2. The van der Waals surface area contributed by atoms with Crippen molar-refractivity contribution < 1.29 is 23.9 Å². The number of para-hydroxylation sites is 2. The Kier molecular flexibility index (Phi) is 10.7. The third kappa shape index (κ3) is 8.49. The largest absolute Gasteiger partial charge is 0.494 e. The van der Waals surface area contributed by atoms with Crippen LogP contribution in [-0.2, 0) is 9.59 Å². The summed E-state index contributed by atoms with van der Waals surface area (Å²) in [5, 5.41) is 14.1. The molecule has 0 bridgehead atoms. The maximum absolute atomic E-state index is 13.0. The maximum atomic E-state index is 13.0. The molecule has 0 radical (unpaired) electrons. The summed E-state index contributed by atoms with van der Waals surface area (Å²) in [7, 11) is 0. The SMILES string of the molecule is CCCOc1ccc(-c2nn(-c3ccccc3)cc2/C=N/NC(=O)C(=O)Nc2ccccc2C(=O)Nc2ccc(OCC)cc2)cc1. The second-order valence-electron chi connectivity index (χ2n) is 10.2. The fourth-order valence-corrected chi connectivity index (χ4v) is 4.53. The number of amides is 3. The third-order valence-electron chi connectivity index (χ3n) is 6.78. The number of hydrazone groups is 1. The minimum absolute atomic E-state index is 0.165. The molecule has 11 nitrogen and oxygen atoms in total. The van der Waals surface area contributed by atoms with E-state index in [1.807, 2.05) is 68.4 Å². The van der Waals surface area contributed by atoms with Gasteiger partial charge in [0, 0.05) is 23.0 Å². The van der Waals surface area contributed by atoms with E-state index in [-0.39, 0.29) is 11.3 Å². The van der Waals surface area contributed by atoms with Gasteiger partial charge in [-0.15, -0.1) is 0 Å². The Hall–Kier alpha value is -6.23. The van der Waals surface area contributed by atoms with Crippen molar-refractivity contribution >= 4 is 35.3 Å². The van der Waals surface area contributed by atoms with Gasteiger partial charge in [0.1, 0.15) is 17.2 Å². The quantitative estimate of drug-likeness (QED) is 0.0870. The van der Waals surface area contributed by atoms with Gasteiger partial charge in [-0.05, 0) is 86.1 Å². The molecule has 0 unspecified atom stereocenters. The molecule has 0 saturated carbocycles. The van der Waals surface area contributed by atoms with Gasteiger partial charge in [0.25, 0.3) is 5.91 Å². The molecule has 0 spiro atoms. The van der Waals surface area contributed by atoms with E-state index in [2.05, 4.69) is 21.2 Å². The number of nitrogens with one attached hydrogen (secondary N) is 3. The molecule has 238 valence electrons. The molecule has 4 aromatic carbocycles. The van der Waals surface area contributed by atoms with E-state index in [9.17, 15) is 14.4 Å². The molecule has 1 heterocycles. The Morgan fingerprint density at radius 3 is 2.19 bits per heavy atom. The molecule has 0 fully saturated rings. The number of ether oxygens (including phenoxy) is 2. The minimum Gasteiger partial charge on any atom is -0.494 e. The minimum atomic E-state index is -1.02. The van der Waals surface area contributed by atoms with Crippen LogP contribution >= 0.6 is 0 Å². The zero-order chi connectivity index (χ0) is 33.0. The summed E-state index contributed by atoms with van der Waals surface area (Å²) in [6.07, 6.45) is 4.11. The van der Waals surface area contributed by atoms with E-state index in [0.717, 1.165) is 23.4 Å². The van der Waals surface area contributed by atoms with Crippen molar-refractivity contribution in [1.29, 1.82) is 0 Å². The van der Waals surface area contributed by atoms with E-state index < -0.39 is 17.7 Å². The highest BCUT2D eigenvalue weighted by molar-refractivity contribution is 6.40. The number of carbonyl (C=O) groups excluding carboxylic acids is 3. The van der Waals surface area contributed by atoms with Crippen LogP contribution < -0.4 is 25.5 Å². The molecule has 0 saturated heterocycles. The second kappa shape index (κ2) is 15.7. The standard InChI is InChI=1S/C36H34N6O5/c1-3-22-47-30-18-14-25(15-19-30)33-26(24-42(41-33)28-10-6-5-7-11-28)23-37-40-36(45)35(44)39-32-13-9-8-12-31(32)34(43)38-27-16-20-29(21-17-27)46-4-2/h5-21,23-24H,3-4,22H2,1-2H3,(H,38,43)(H,39,44)(H,40,45)/b37-23+. The van der Waals surface area contributed by atoms with E-state index in [0.29, 0.717) is 35.9 Å². The number of anilines is 2. The highest BCUT2D eigenvalue weighted by Crippen LogP contribution is 2.25. The summed E-state index contributed by atoms with van der Waals surface area (Å²) in [6.45, 7) is 5.08. The third-order valence-corrected chi connectivity index (χ3v) is 6.78. The molecule has 0 aliphatic heterocycles. The van der Waals surface area contributed by atoms with Gasteiger partial charge in [0.15, 0.2) is 0 Å². The number of carbonyl (C=O) groups is 3. The Bertz CT molecular complexity index is 1850. The summed E-state index contributed by atoms with van der Waals surface area (Å²) in [4.78, 5) is 38.5. The lowest BCUT2D eigenvalue weighted by Gasteiger charge is -2.11. The number of rotatable bonds is 12. The van der Waals surface area contributed by atoms with Crippen LogP contribution in [0.4, 0.5) is 11.4 Å². The van der Waals surface area contributed by atoms with Crippen molar-refractivity contribution in [2.24, 2.45) is 5.10 Å². The first-order chi connectivity index (χ1) is 22.9. The Labute approximate surface area is 272 Å². The Morgan fingerprint density at radius 2 is 1.47 bits per heavy atom. The van der Waals surface area contributed by atoms with Crippen molar-refractivity contribution in [2.75, 3.05) is 23.8 Å². The second-order valence-corrected chi connectivity index (χ2v) is 10.2. The van der Waals surface area contributed by atoms with Crippen LogP contribution in [0.5, 0.6) is 11.5 Å². The van der Waals surface area contributed by atoms with Crippen LogP contribution in [0.1, 0.15) is 36.2 Å². The van der Waals surface area contributed by atoms with Gasteiger partial charge < -0.3 is 20.1 Å². The van der Waals surface area contributed by atoms with Gasteiger partial charge in [-0.25, -0.2) is 10.1 Å². The molecule has 0 atom stereocenters. The van der Waals surface area contributed by atoms with Crippen molar-refractivity contribution in [3.8, 4) is 28.4 Å². The number of hydrogen-bond donors (Lipinski definition) is 3. The molecule has 0 aliphatic carbocycles. The first-order valence-corrected chi connectivity index (χ1v) is 15.1. The fraction of sp³-hybridized carbons (Fsp3) is 0.139. The summed E-state index contributed by atoms with van der Waals surface area (Å²) in [6, 6.07) is 30.4. The topological polar surface area (TPSA) is 136 Å². The monoisotopic (exact) mass is 630 g/mol. The Balaban J connectivity index is 1.27. The zero-order valence-corrected chi connectivity index (χ0v) is 26.0. The summed E-state index contributed by atoms with van der Waals surface area (Å²) in [5.74, 6) is -1.04. The number of aromatic nitrogens is 2. The van der Waals surface area contributed by atoms with Crippen LogP contribution in [-0.4, -0.2) is 46.9 Å². The lowest BCUT2D eigenvalue weighted by Crippen LogP contribution is -2.33. The van der Waals surface area contributed by atoms with Crippen LogP contribution in [0.25, 0.3) is 16.9 Å². The van der Waals surface area contributed by atoms with Crippen LogP contribution in [0.2, 0.25) is 0 Å². The number of nitrogens with zero attached hydrogens (tertiary/aromatic N) is 3. The number of hydrogen-bond acceptors (Lipinski definition) is 7. The van der Waals surface area contributed by atoms with Crippen LogP contribution in [0, 0.1) is 0 Å². The van der Waals surface area contributed by atoms with Gasteiger partial charge in [0.05, 0.1) is 36.4 Å². The van der Waals surface area contributed by atoms with E-state index in [1.54, 1.807) is 53.3 Å². The highest BCUT2D eigenvalue weighted by atomic mass is 16.5. The van der Waals surface area contributed by atoms with E-state index >= 15 is 0 Å². The highest BCUT2D eigenvalue weighted by Gasteiger charge is 2.18. The van der Waals surface area contributed by atoms with Crippen molar-refractivity contribution in [3.63, 3.8) is 0 Å². The molecule has 3 N–H and O–H groups in total. The van der Waals surface area contributed by atoms with Crippen LogP contribution in [0.3, 0.4) is 0 Å². The Morgan fingerprint density at radius 1 is 0.787 bits per heavy atom. The molecular formula is C36H34N6O5. The smallest absolute Gasteiger partial charge is 0.329 e. The molecule has 1 aromatic heterocycles. The molecule has 5 rings (SSSR count). The van der Waals surface area contributed by atoms with Gasteiger partial charge in [-0.1, -0.05) is 37.3 Å². The summed E-state index contributed by atoms with van der Waals surface area (Å²) < 4.78 is 12.8. The van der Waals surface area contributed by atoms with Crippen molar-refractivity contribution in [2.45, 2.75) is 20.3 Å².